The molecule has 0 saturated carbocycles. The van der Waals surface area contributed by atoms with E-state index in [0.717, 1.165) is 11.1 Å². The van der Waals surface area contributed by atoms with Gasteiger partial charge in [0.25, 0.3) is 0 Å². The van der Waals surface area contributed by atoms with Crippen molar-refractivity contribution in [3.63, 3.8) is 0 Å². The molecule has 0 unspecified atom stereocenters. The molecule has 0 aliphatic rings. The first kappa shape index (κ1) is 8.74. The number of rotatable bonds is 2. The fourth-order valence-corrected chi connectivity index (χ4v) is 1.35. The maximum absolute atomic E-state index is 12.4. The lowest BCUT2D eigenvalue weighted by Gasteiger charge is -2.00. The molecule has 0 bridgehead atoms. The normalized spacial score (nSPS) is 10.4. The number of halogens is 1. The predicted octanol–water partition coefficient (Wildman–Crippen LogP) is 2.13. The number of hydrogen-bond donors (Lipinski definition) is 2. The number of H-pyrrole nitrogens is 1. The van der Waals surface area contributed by atoms with Crippen LogP contribution in [0.4, 0.5) is 10.2 Å². The summed E-state index contributed by atoms with van der Waals surface area (Å²) in [7, 11) is 0. The number of aromatic nitrogens is 2. The Morgan fingerprint density at radius 1 is 1.43 bits per heavy atom. The number of benzene rings is 1. The zero-order valence-electron chi connectivity index (χ0n) is 7.50. The minimum atomic E-state index is -0.467. The molecule has 0 aliphatic carbocycles. The first-order chi connectivity index (χ1) is 6.81. The van der Waals surface area contributed by atoms with Crippen LogP contribution in [0.15, 0.2) is 30.5 Å². The Hall–Kier alpha value is -1.84. The van der Waals surface area contributed by atoms with Crippen molar-refractivity contribution in [3.05, 3.63) is 36.0 Å². The molecule has 0 fully saturated rings. The van der Waals surface area contributed by atoms with Crippen LogP contribution in [0.25, 0.3) is 11.1 Å². The van der Waals surface area contributed by atoms with Crippen molar-refractivity contribution in [3.8, 4) is 11.1 Å². The molecule has 4 heteroatoms. The third kappa shape index (κ3) is 1.46. The Morgan fingerprint density at radius 2 is 2.29 bits per heavy atom. The van der Waals surface area contributed by atoms with Gasteiger partial charge in [-0.2, -0.15) is 5.10 Å². The number of anilines is 1. The summed E-state index contributed by atoms with van der Waals surface area (Å²) in [4.78, 5) is 0. The minimum Gasteiger partial charge on any atom is -0.384 e. The molecule has 0 amide bonds. The highest BCUT2D eigenvalue weighted by Crippen LogP contribution is 2.24. The van der Waals surface area contributed by atoms with Crippen LogP contribution in [0.3, 0.4) is 0 Å². The number of nitrogens with zero attached hydrogens (tertiary/aromatic N) is 1. The van der Waals surface area contributed by atoms with E-state index in [1.807, 2.05) is 6.07 Å². The van der Waals surface area contributed by atoms with Crippen LogP contribution < -0.4 is 5.73 Å². The summed E-state index contributed by atoms with van der Waals surface area (Å²) in [5.74, 6) is 0.501. The Balaban J connectivity index is 2.47. The quantitative estimate of drug-likeness (QED) is 0.764. The van der Waals surface area contributed by atoms with Crippen LogP contribution in [0.5, 0.6) is 0 Å². The molecule has 3 nitrogen and oxygen atoms in total. The molecule has 0 aliphatic heterocycles. The third-order valence-corrected chi connectivity index (χ3v) is 2.06. The van der Waals surface area contributed by atoms with Gasteiger partial charge < -0.3 is 5.73 Å². The van der Waals surface area contributed by atoms with Crippen molar-refractivity contribution >= 4 is 5.82 Å². The molecule has 1 aromatic heterocycles. The molecule has 72 valence electrons. The van der Waals surface area contributed by atoms with Crippen LogP contribution in [0.1, 0.15) is 5.56 Å². The molecule has 3 N–H and O–H groups in total. The van der Waals surface area contributed by atoms with E-state index in [9.17, 15) is 4.39 Å². The smallest absolute Gasteiger partial charge is 0.126 e. The van der Waals surface area contributed by atoms with Crippen LogP contribution in [0.2, 0.25) is 0 Å². The van der Waals surface area contributed by atoms with Gasteiger partial charge in [-0.05, 0) is 17.2 Å². The summed E-state index contributed by atoms with van der Waals surface area (Å²) in [6, 6.07) is 7.18. The Labute approximate surface area is 80.8 Å². The number of aromatic amines is 1. The summed E-state index contributed by atoms with van der Waals surface area (Å²) >= 11 is 0. The van der Waals surface area contributed by atoms with Crippen LogP contribution in [-0.4, -0.2) is 10.2 Å². The predicted molar refractivity (Wildman–Crippen MR) is 53.2 cm³/mol. The fourth-order valence-electron chi connectivity index (χ4n) is 1.35. The summed E-state index contributed by atoms with van der Waals surface area (Å²) < 4.78 is 12.4. The largest absolute Gasteiger partial charge is 0.384 e. The number of nitrogen functional groups attached to an aromatic ring is 1. The fraction of sp³-hybridized carbons (Fsp3) is 0.100. The molecule has 2 aromatic rings. The average molecular weight is 191 g/mol. The average Bonchev–Trinajstić information content (AvgIpc) is 2.65. The van der Waals surface area contributed by atoms with Crippen molar-refractivity contribution in [2.75, 3.05) is 5.73 Å². The Bertz CT molecular complexity index is 436. The van der Waals surface area contributed by atoms with Crippen LogP contribution in [-0.2, 0) is 6.67 Å². The van der Waals surface area contributed by atoms with Crippen molar-refractivity contribution in [1.82, 2.24) is 10.2 Å². The van der Waals surface area contributed by atoms with Gasteiger partial charge in [-0.1, -0.05) is 18.2 Å². The van der Waals surface area contributed by atoms with Gasteiger partial charge in [0, 0.05) is 5.56 Å². The number of hydrogen-bond acceptors (Lipinski definition) is 2. The van der Waals surface area contributed by atoms with Gasteiger partial charge in [0.15, 0.2) is 0 Å². The Kier molecular flexibility index (Phi) is 2.18. The lowest BCUT2D eigenvalue weighted by atomic mass is 10.1. The van der Waals surface area contributed by atoms with E-state index in [4.69, 9.17) is 5.73 Å². The van der Waals surface area contributed by atoms with Gasteiger partial charge in [0.1, 0.15) is 12.5 Å². The van der Waals surface area contributed by atoms with Crippen molar-refractivity contribution in [2.45, 2.75) is 6.67 Å². The second-order valence-electron chi connectivity index (χ2n) is 3.03. The number of nitrogens with one attached hydrogen (secondary N) is 1. The molecular formula is C10H10FN3. The standard InChI is InChI=1S/C10H10FN3/c11-5-7-2-1-3-8(4-7)9-6-13-14-10(9)12/h1-4,6H,5H2,(H3,12,13,14). The second-order valence-corrected chi connectivity index (χ2v) is 3.03. The second kappa shape index (κ2) is 3.49. The van der Waals surface area contributed by atoms with E-state index in [1.165, 1.54) is 0 Å². The molecule has 1 aromatic carbocycles. The lowest BCUT2D eigenvalue weighted by Crippen LogP contribution is -1.88. The van der Waals surface area contributed by atoms with E-state index in [0.29, 0.717) is 11.4 Å². The molecule has 0 radical (unpaired) electrons. The van der Waals surface area contributed by atoms with Gasteiger partial charge in [-0.25, -0.2) is 4.39 Å². The molecule has 0 spiro atoms. The highest BCUT2D eigenvalue weighted by Gasteiger charge is 2.04. The summed E-state index contributed by atoms with van der Waals surface area (Å²) in [6.07, 6.45) is 1.63. The van der Waals surface area contributed by atoms with E-state index in [-0.39, 0.29) is 0 Å². The first-order valence-corrected chi connectivity index (χ1v) is 4.25. The molecule has 0 atom stereocenters. The molecular weight excluding hydrogens is 181 g/mol. The van der Waals surface area contributed by atoms with E-state index < -0.39 is 6.67 Å². The zero-order chi connectivity index (χ0) is 9.97. The number of alkyl halides is 1. The van der Waals surface area contributed by atoms with Gasteiger partial charge in [-0.15, -0.1) is 0 Å². The van der Waals surface area contributed by atoms with E-state index >= 15 is 0 Å². The van der Waals surface area contributed by atoms with Crippen LogP contribution in [0, 0.1) is 0 Å². The van der Waals surface area contributed by atoms with Crippen molar-refractivity contribution in [2.24, 2.45) is 0 Å². The lowest BCUT2D eigenvalue weighted by molar-refractivity contribution is 0.485. The highest BCUT2D eigenvalue weighted by atomic mass is 19.1. The molecule has 1 heterocycles. The summed E-state index contributed by atoms with van der Waals surface area (Å²) in [5.41, 5.74) is 7.98. The van der Waals surface area contributed by atoms with Gasteiger partial charge in [-0.3, -0.25) is 5.10 Å². The van der Waals surface area contributed by atoms with E-state index in [2.05, 4.69) is 10.2 Å². The third-order valence-electron chi connectivity index (χ3n) is 2.06. The van der Waals surface area contributed by atoms with E-state index in [1.54, 1.807) is 24.4 Å². The zero-order valence-corrected chi connectivity index (χ0v) is 7.50. The molecule has 0 saturated heterocycles. The SMILES string of the molecule is Nc1[nH]ncc1-c1cccc(CF)c1. The topological polar surface area (TPSA) is 54.7 Å². The van der Waals surface area contributed by atoms with Gasteiger partial charge >= 0.3 is 0 Å². The maximum Gasteiger partial charge on any atom is 0.126 e. The van der Waals surface area contributed by atoms with Crippen LogP contribution >= 0.6 is 0 Å². The first-order valence-electron chi connectivity index (χ1n) is 4.25. The monoisotopic (exact) mass is 191 g/mol. The summed E-state index contributed by atoms with van der Waals surface area (Å²) in [6.45, 7) is -0.467. The van der Waals surface area contributed by atoms with Crippen molar-refractivity contribution in [1.29, 1.82) is 0 Å². The minimum absolute atomic E-state index is 0.467. The summed E-state index contributed by atoms with van der Waals surface area (Å²) in [5, 5.41) is 6.45. The van der Waals surface area contributed by atoms with Crippen molar-refractivity contribution < 1.29 is 4.39 Å². The molecule has 14 heavy (non-hydrogen) atoms. The number of nitrogens with two attached hydrogens (primary N) is 1. The van der Waals surface area contributed by atoms with Gasteiger partial charge in [0.05, 0.1) is 6.20 Å². The van der Waals surface area contributed by atoms with Gasteiger partial charge in [0.2, 0.25) is 0 Å². The highest BCUT2D eigenvalue weighted by molar-refractivity contribution is 5.73. The maximum atomic E-state index is 12.4. The Morgan fingerprint density at radius 3 is 2.93 bits per heavy atom. The molecule has 2 rings (SSSR count).